The maximum atomic E-state index is 11.0. The predicted molar refractivity (Wildman–Crippen MR) is 53.8 cm³/mol. The van der Waals surface area contributed by atoms with Gasteiger partial charge in [-0.2, -0.15) is 0 Å². The summed E-state index contributed by atoms with van der Waals surface area (Å²) in [6.07, 6.45) is 4.35. The van der Waals surface area contributed by atoms with Gasteiger partial charge in [0.2, 0.25) is 0 Å². The van der Waals surface area contributed by atoms with Crippen LogP contribution in [-0.2, 0) is 4.74 Å². The second-order valence-corrected chi connectivity index (χ2v) is 3.44. The van der Waals surface area contributed by atoms with Crippen molar-refractivity contribution in [2.24, 2.45) is 0 Å². The van der Waals surface area contributed by atoms with Crippen LogP contribution < -0.4 is 5.32 Å². The van der Waals surface area contributed by atoms with Crippen molar-refractivity contribution in [1.29, 1.82) is 0 Å². The largest absolute Gasteiger partial charge is 0.447 e. The highest BCUT2D eigenvalue weighted by atomic mass is 16.6. The number of rotatable bonds is 6. The molecule has 3 nitrogen and oxygen atoms in total. The zero-order valence-corrected chi connectivity index (χ0v) is 8.93. The topological polar surface area (TPSA) is 38.3 Å². The molecule has 0 atom stereocenters. The lowest BCUT2D eigenvalue weighted by Gasteiger charge is -2.08. The van der Waals surface area contributed by atoms with Crippen molar-refractivity contribution in [3.05, 3.63) is 0 Å². The van der Waals surface area contributed by atoms with Crippen LogP contribution in [0.25, 0.3) is 0 Å². The molecule has 0 saturated heterocycles. The molecule has 0 radical (unpaired) electrons. The normalized spacial score (nSPS) is 10.2. The smallest absolute Gasteiger partial charge is 0.407 e. The Kier molecular flexibility index (Phi) is 7.45. The van der Waals surface area contributed by atoms with Crippen LogP contribution in [0.4, 0.5) is 4.79 Å². The van der Waals surface area contributed by atoms with E-state index in [2.05, 4.69) is 12.2 Å². The van der Waals surface area contributed by atoms with Crippen molar-refractivity contribution < 1.29 is 9.53 Å². The van der Waals surface area contributed by atoms with Crippen LogP contribution in [0.1, 0.15) is 46.5 Å². The highest BCUT2D eigenvalue weighted by Crippen LogP contribution is 1.97. The van der Waals surface area contributed by atoms with Gasteiger partial charge in [-0.1, -0.05) is 26.2 Å². The van der Waals surface area contributed by atoms with Gasteiger partial charge in [-0.05, 0) is 20.3 Å². The molecule has 0 aromatic carbocycles. The van der Waals surface area contributed by atoms with E-state index in [9.17, 15) is 4.79 Å². The van der Waals surface area contributed by atoms with Gasteiger partial charge in [0.05, 0.1) is 6.10 Å². The lowest BCUT2D eigenvalue weighted by Crippen LogP contribution is -2.27. The van der Waals surface area contributed by atoms with Crippen LogP contribution in [0, 0.1) is 0 Å². The Morgan fingerprint density at radius 3 is 2.54 bits per heavy atom. The minimum absolute atomic E-state index is 0.0318. The van der Waals surface area contributed by atoms with Gasteiger partial charge < -0.3 is 10.1 Å². The summed E-state index contributed by atoms with van der Waals surface area (Å²) < 4.78 is 4.91. The second-order valence-electron chi connectivity index (χ2n) is 3.44. The number of alkyl carbamates (subject to hydrolysis) is 1. The summed E-state index contributed by atoms with van der Waals surface area (Å²) in [5.41, 5.74) is 0. The van der Waals surface area contributed by atoms with Gasteiger partial charge in [0.15, 0.2) is 0 Å². The molecule has 0 bridgehead atoms. The summed E-state index contributed by atoms with van der Waals surface area (Å²) in [4.78, 5) is 11.0. The summed E-state index contributed by atoms with van der Waals surface area (Å²) in [5, 5.41) is 2.71. The summed E-state index contributed by atoms with van der Waals surface area (Å²) in [6, 6.07) is 0. The van der Waals surface area contributed by atoms with Gasteiger partial charge in [0.25, 0.3) is 0 Å². The summed E-state index contributed by atoms with van der Waals surface area (Å²) in [5.74, 6) is 0. The molecule has 0 unspecified atom stereocenters. The zero-order chi connectivity index (χ0) is 10.1. The number of unbranched alkanes of at least 4 members (excludes halogenated alkanes) is 3. The van der Waals surface area contributed by atoms with E-state index in [1.54, 1.807) is 0 Å². The van der Waals surface area contributed by atoms with E-state index in [4.69, 9.17) is 4.74 Å². The molecule has 1 amide bonds. The van der Waals surface area contributed by atoms with Crippen molar-refractivity contribution in [3.63, 3.8) is 0 Å². The fourth-order valence-electron chi connectivity index (χ4n) is 0.998. The number of amides is 1. The number of carbonyl (C=O) groups is 1. The van der Waals surface area contributed by atoms with Crippen LogP contribution in [0.3, 0.4) is 0 Å². The lowest BCUT2D eigenvalue weighted by atomic mass is 10.2. The fraction of sp³-hybridized carbons (Fsp3) is 0.900. The first-order chi connectivity index (χ1) is 6.16. The van der Waals surface area contributed by atoms with Crippen LogP contribution in [0.15, 0.2) is 0 Å². The molecule has 3 heteroatoms. The average Bonchev–Trinajstić information content (AvgIpc) is 2.02. The zero-order valence-electron chi connectivity index (χ0n) is 8.93. The van der Waals surface area contributed by atoms with Gasteiger partial charge in [0.1, 0.15) is 0 Å². The first-order valence-electron chi connectivity index (χ1n) is 5.11. The van der Waals surface area contributed by atoms with Crippen LogP contribution in [0.5, 0.6) is 0 Å². The number of ether oxygens (including phenoxy) is 1. The molecular formula is C10H21NO2. The van der Waals surface area contributed by atoms with Gasteiger partial charge in [0, 0.05) is 6.54 Å². The van der Waals surface area contributed by atoms with Crippen molar-refractivity contribution >= 4 is 6.09 Å². The molecule has 0 aliphatic rings. The monoisotopic (exact) mass is 187 g/mol. The number of hydrogen-bond acceptors (Lipinski definition) is 2. The Labute approximate surface area is 80.8 Å². The molecule has 0 aliphatic carbocycles. The fourth-order valence-corrected chi connectivity index (χ4v) is 0.998. The molecule has 0 spiro atoms. The van der Waals surface area contributed by atoms with E-state index in [0.717, 1.165) is 13.0 Å². The third-order valence-electron chi connectivity index (χ3n) is 1.64. The van der Waals surface area contributed by atoms with E-state index >= 15 is 0 Å². The Morgan fingerprint density at radius 1 is 1.31 bits per heavy atom. The molecule has 13 heavy (non-hydrogen) atoms. The Morgan fingerprint density at radius 2 is 2.00 bits per heavy atom. The molecule has 0 rings (SSSR count). The molecule has 0 saturated carbocycles. The molecule has 78 valence electrons. The Hall–Kier alpha value is -0.730. The molecule has 0 fully saturated rings. The molecule has 0 heterocycles. The molecule has 1 N–H and O–H groups in total. The van der Waals surface area contributed by atoms with Gasteiger partial charge in [-0.25, -0.2) is 4.79 Å². The summed E-state index contributed by atoms with van der Waals surface area (Å²) in [7, 11) is 0. The third kappa shape index (κ3) is 9.18. The quantitative estimate of drug-likeness (QED) is 0.649. The summed E-state index contributed by atoms with van der Waals surface area (Å²) in [6.45, 7) is 6.58. The minimum Gasteiger partial charge on any atom is -0.447 e. The first kappa shape index (κ1) is 12.3. The number of nitrogens with one attached hydrogen (secondary N) is 1. The highest BCUT2D eigenvalue weighted by Gasteiger charge is 2.02. The second kappa shape index (κ2) is 7.90. The standard InChI is InChI=1S/C10H21NO2/c1-4-5-6-7-8-11-10(12)13-9(2)3/h9H,4-8H2,1-3H3,(H,11,12). The third-order valence-corrected chi connectivity index (χ3v) is 1.64. The lowest BCUT2D eigenvalue weighted by molar-refractivity contribution is 0.115. The maximum Gasteiger partial charge on any atom is 0.407 e. The van der Waals surface area contributed by atoms with E-state index < -0.39 is 0 Å². The Balaban J connectivity index is 3.17. The van der Waals surface area contributed by atoms with Crippen LogP contribution in [-0.4, -0.2) is 18.7 Å². The molecular weight excluding hydrogens is 166 g/mol. The average molecular weight is 187 g/mol. The van der Waals surface area contributed by atoms with Crippen molar-refractivity contribution in [2.45, 2.75) is 52.6 Å². The predicted octanol–water partition coefficient (Wildman–Crippen LogP) is 2.70. The molecule has 0 aromatic rings. The summed E-state index contributed by atoms with van der Waals surface area (Å²) >= 11 is 0. The van der Waals surface area contributed by atoms with E-state index in [1.807, 2.05) is 13.8 Å². The van der Waals surface area contributed by atoms with Crippen molar-refractivity contribution in [2.75, 3.05) is 6.54 Å². The van der Waals surface area contributed by atoms with Gasteiger partial charge in [-0.15, -0.1) is 0 Å². The van der Waals surface area contributed by atoms with Gasteiger partial charge >= 0.3 is 6.09 Å². The molecule has 0 aromatic heterocycles. The minimum atomic E-state index is -0.300. The van der Waals surface area contributed by atoms with Crippen molar-refractivity contribution in [3.8, 4) is 0 Å². The molecule has 0 aliphatic heterocycles. The van der Waals surface area contributed by atoms with Crippen LogP contribution >= 0.6 is 0 Å². The maximum absolute atomic E-state index is 11.0. The van der Waals surface area contributed by atoms with Crippen LogP contribution in [0.2, 0.25) is 0 Å². The van der Waals surface area contributed by atoms with Crippen molar-refractivity contribution in [1.82, 2.24) is 5.32 Å². The first-order valence-corrected chi connectivity index (χ1v) is 5.11. The van der Waals surface area contributed by atoms with E-state index in [-0.39, 0.29) is 12.2 Å². The highest BCUT2D eigenvalue weighted by molar-refractivity contribution is 5.67. The Bertz CT molecular complexity index is 135. The van der Waals surface area contributed by atoms with E-state index in [0.29, 0.717) is 0 Å². The number of carbonyl (C=O) groups excluding carboxylic acids is 1. The van der Waals surface area contributed by atoms with Gasteiger partial charge in [-0.3, -0.25) is 0 Å². The van der Waals surface area contributed by atoms with E-state index in [1.165, 1.54) is 19.3 Å². The SMILES string of the molecule is CCCCCCNC(=O)OC(C)C. The number of hydrogen-bond donors (Lipinski definition) is 1.